The van der Waals surface area contributed by atoms with Gasteiger partial charge in [0.1, 0.15) is 24.4 Å². The summed E-state index contributed by atoms with van der Waals surface area (Å²) in [7, 11) is 0. The minimum atomic E-state index is -1.55. The first kappa shape index (κ1) is 71.2. The fourth-order valence-electron chi connectivity index (χ4n) is 11.2. The fraction of sp³-hybridized carbons (Fsp3) is 0.985. The van der Waals surface area contributed by atoms with Gasteiger partial charge in [-0.15, -0.1) is 0 Å². The molecule has 0 aromatic carbocycles. The second-order valence-corrected chi connectivity index (χ2v) is 23.6. The molecule has 6 N–H and O–H groups in total. The van der Waals surface area contributed by atoms with Crippen LogP contribution in [0.1, 0.15) is 354 Å². The van der Waals surface area contributed by atoms with Crippen molar-refractivity contribution in [2.75, 3.05) is 13.2 Å². The van der Waals surface area contributed by atoms with Crippen molar-refractivity contribution in [3.8, 4) is 0 Å². The first-order valence-electron chi connectivity index (χ1n) is 33.2. The van der Waals surface area contributed by atoms with Crippen LogP contribution >= 0.6 is 0 Å². The molecular weight excluding hydrogens is 923 g/mol. The highest BCUT2D eigenvalue weighted by atomic mass is 16.7. The molecule has 0 saturated carbocycles. The van der Waals surface area contributed by atoms with E-state index in [4.69, 9.17) is 9.47 Å². The summed E-state index contributed by atoms with van der Waals surface area (Å²) >= 11 is 0. The van der Waals surface area contributed by atoms with Crippen LogP contribution in [0, 0.1) is 0 Å². The van der Waals surface area contributed by atoms with E-state index < -0.39 is 49.5 Å². The predicted molar refractivity (Wildman–Crippen MR) is 314 cm³/mol. The van der Waals surface area contributed by atoms with Crippen LogP contribution < -0.4 is 5.32 Å². The highest BCUT2D eigenvalue weighted by Gasteiger charge is 2.44. The van der Waals surface area contributed by atoms with Crippen molar-refractivity contribution in [3.63, 3.8) is 0 Å². The van der Waals surface area contributed by atoms with Gasteiger partial charge in [-0.05, 0) is 12.8 Å². The number of hydrogen-bond donors (Lipinski definition) is 6. The third-order valence-corrected chi connectivity index (χ3v) is 16.5. The van der Waals surface area contributed by atoms with Crippen molar-refractivity contribution in [2.45, 2.75) is 397 Å². The standard InChI is InChI=1S/C65H129NO8/c1-3-5-7-9-11-13-15-17-19-21-23-25-27-29-31-32-34-36-38-40-42-44-46-48-50-52-54-59(68)58(57-73-65-64(72)63(71)62(70)60(56-67)74-65)66-61(69)55-53-51-49-47-45-43-41-39-37-35-33-30-28-26-24-22-20-18-16-14-12-10-8-6-4-2/h58-60,62-65,67-68,70-72H,3-57H2,1-2H3,(H,66,69). The van der Waals surface area contributed by atoms with Crippen LogP contribution in [0.2, 0.25) is 0 Å². The van der Waals surface area contributed by atoms with Crippen molar-refractivity contribution in [2.24, 2.45) is 0 Å². The van der Waals surface area contributed by atoms with Gasteiger partial charge in [-0.3, -0.25) is 4.79 Å². The molecule has 1 aliphatic heterocycles. The van der Waals surface area contributed by atoms with E-state index in [0.717, 1.165) is 38.5 Å². The van der Waals surface area contributed by atoms with Crippen molar-refractivity contribution in [1.82, 2.24) is 5.32 Å². The lowest BCUT2D eigenvalue weighted by molar-refractivity contribution is -0.302. The number of ether oxygens (including phenoxy) is 2. The minimum absolute atomic E-state index is 0.130. The Labute approximate surface area is 459 Å². The van der Waals surface area contributed by atoms with Gasteiger partial charge in [0, 0.05) is 6.42 Å². The van der Waals surface area contributed by atoms with Gasteiger partial charge in [-0.2, -0.15) is 0 Å². The fourth-order valence-corrected chi connectivity index (χ4v) is 11.2. The molecule has 1 fully saturated rings. The van der Waals surface area contributed by atoms with E-state index in [1.54, 1.807) is 0 Å². The van der Waals surface area contributed by atoms with Crippen molar-refractivity contribution in [3.05, 3.63) is 0 Å². The van der Waals surface area contributed by atoms with Gasteiger partial charge >= 0.3 is 0 Å². The Morgan fingerprint density at radius 2 is 0.676 bits per heavy atom. The van der Waals surface area contributed by atoms with Crippen LogP contribution in [0.5, 0.6) is 0 Å². The van der Waals surface area contributed by atoms with Crippen LogP contribution in [0.4, 0.5) is 0 Å². The first-order valence-corrected chi connectivity index (χ1v) is 33.2. The largest absolute Gasteiger partial charge is 0.394 e. The molecule has 1 aliphatic rings. The molecule has 7 unspecified atom stereocenters. The number of unbranched alkanes of at least 4 members (excludes halogenated alkanes) is 49. The van der Waals surface area contributed by atoms with Gasteiger partial charge < -0.3 is 40.3 Å². The minimum Gasteiger partial charge on any atom is -0.394 e. The molecule has 1 rings (SSSR count). The molecule has 9 heteroatoms. The Morgan fingerprint density at radius 1 is 0.405 bits per heavy atom. The Balaban J connectivity index is 2.12. The Bertz CT molecular complexity index is 1130. The van der Waals surface area contributed by atoms with E-state index >= 15 is 0 Å². The molecule has 7 atom stereocenters. The van der Waals surface area contributed by atoms with E-state index in [9.17, 15) is 30.3 Å². The Hall–Kier alpha value is -0.810. The zero-order valence-electron chi connectivity index (χ0n) is 49.4. The molecule has 9 nitrogen and oxygen atoms in total. The SMILES string of the molecule is CCCCCCCCCCCCCCCCCCCCCCCCCCCCC(O)C(COC1OC(CO)C(O)C(O)C1O)NC(=O)CCCCCCCCCCCCCCCCCCCCCCCCCCC. The quantitative estimate of drug-likeness (QED) is 0.0330. The summed E-state index contributed by atoms with van der Waals surface area (Å²) in [6, 6.07) is -0.715. The maximum absolute atomic E-state index is 13.1. The predicted octanol–water partition coefficient (Wildman–Crippen LogP) is 17.4. The molecular formula is C65H129NO8. The smallest absolute Gasteiger partial charge is 0.220 e. The van der Waals surface area contributed by atoms with Crippen LogP contribution in [0.15, 0.2) is 0 Å². The first-order chi connectivity index (χ1) is 36.3. The summed E-state index contributed by atoms with van der Waals surface area (Å²) in [5.41, 5.74) is 0. The summed E-state index contributed by atoms with van der Waals surface area (Å²) in [6.45, 7) is 3.91. The maximum atomic E-state index is 13.1. The lowest BCUT2D eigenvalue weighted by Crippen LogP contribution is -2.60. The number of aliphatic hydroxyl groups is 5. The molecule has 0 aromatic heterocycles. The van der Waals surface area contributed by atoms with E-state index in [2.05, 4.69) is 19.2 Å². The normalized spacial score (nSPS) is 18.8. The van der Waals surface area contributed by atoms with Gasteiger partial charge in [0.2, 0.25) is 5.91 Å². The molecule has 0 aromatic rings. The lowest BCUT2D eigenvalue weighted by atomic mass is 9.99. The number of carbonyl (C=O) groups is 1. The van der Waals surface area contributed by atoms with Crippen LogP contribution in [-0.4, -0.2) is 87.5 Å². The molecule has 1 saturated heterocycles. The summed E-state index contributed by atoms with van der Waals surface area (Å²) in [4.78, 5) is 13.1. The number of nitrogens with one attached hydrogen (secondary N) is 1. The number of rotatable bonds is 59. The van der Waals surface area contributed by atoms with Crippen molar-refractivity contribution >= 4 is 5.91 Å². The molecule has 74 heavy (non-hydrogen) atoms. The number of aliphatic hydroxyl groups excluding tert-OH is 5. The Morgan fingerprint density at radius 3 is 0.959 bits per heavy atom. The van der Waals surface area contributed by atoms with Gasteiger partial charge in [0.05, 0.1) is 25.4 Å². The maximum Gasteiger partial charge on any atom is 0.220 e. The van der Waals surface area contributed by atoms with E-state index in [0.29, 0.717) is 12.8 Å². The van der Waals surface area contributed by atoms with Crippen molar-refractivity contribution in [1.29, 1.82) is 0 Å². The zero-order chi connectivity index (χ0) is 53.6. The zero-order valence-corrected chi connectivity index (χ0v) is 49.4. The highest BCUT2D eigenvalue weighted by Crippen LogP contribution is 2.24. The van der Waals surface area contributed by atoms with E-state index in [1.165, 1.54) is 289 Å². The molecule has 442 valence electrons. The number of carbonyl (C=O) groups excluding carboxylic acids is 1. The molecule has 0 radical (unpaired) electrons. The summed E-state index contributed by atoms with van der Waals surface area (Å²) < 4.78 is 11.4. The van der Waals surface area contributed by atoms with Gasteiger partial charge in [0.15, 0.2) is 6.29 Å². The van der Waals surface area contributed by atoms with Crippen LogP contribution in [0.3, 0.4) is 0 Å². The van der Waals surface area contributed by atoms with Gasteiger partial charge in [-0.1, -0.05) is 335 Å². The number of amides is 1. The van der Waals surface area contributed by atoms with E-state index in [-0.39, 0.29) is 12.5 Å². The average Bonchev–Trinajstić information content (AvgIpc) is 3.40. The van der Waals surface area contributed by atoms with Gasteiger partial charge in [0.25, 0.3) is 0 Å². The second kappa shape index (κ2) is 55.5. The molecule has 0 aliphatic carbocycles. The van der Waals surface area contributed by atoms with E-state index in [1.807, 2.05) is 0 Å². The second-order valence-electron chi connectivity index (χ2n) is 23.6. The molecule has 0 bridgehead atoms. The molecule has 1 amide bonds. The summed E-state index contributed by atoms with van der Waals surface area (Å²) in [5, 5.41) is 54.9. The Kier molecular flexibility index (Phi) is 53.4. The third kappa shape index (κ3) is 44.1. The summed E-state index contributed by atoms with van der Waals surface area (Å²) in [6.07, 6.45) is 61.6. The van der Waals surface area contributed by atoms with Crippen LogP contribution in [-0.2, 0) is 14.3 Å². The highest BCUT2D eigenvalue weighted by molar-refractivity contribution is 5.76. The third-order valence-electron chi connectivity index (χ3n) is 16.5. The van der Waals surface area contributed by atoms with Crippen LogP contribution in [0.25, 0.3) is 0 Å². The molecule has 1 heterocycles. The average molecular weight is 1050 g/mol. The number of hydrogen-bond acceptors (Lipinski definition) is 8. The van der Waals surface area contributed by atoms with Gasteiger partial charge in [-0.25, -0.2) is 0 Å². The topological polar surface area (TPSA) is 149 Å². The monoisotopic (exact) mass is 1050 g/mol. The van der Waals surface area contributed by atoms with Crippen molar-refractivity contribution < 1.29 is 39.8 Å². The molecule has 0 spiro atoms. The lowest BCUT2D eigenvalue weighted by Gasteiger charge is -2.40. The summed E-state index contributed by atoms with van der Waals surface area (Å²) in [5.74, 6) is -0.134.